The number of anilines is 1. The van der Waals surface area contributed by atoms with E-state index in [0.717, 1.165) is 5.56 Å². The third kappa shape index (κ3) is 2.95. The molecule has 134 valence electrons. The minimum atomic E-state index is -2.10. The highest BCUT2D eigenvalue weighted by atomic mass is 79.9. The molecule has 0 spiro atoms. The van der Waals surface area contributed by atoms with E-state index >= 15 is 0 Å². The van der Waals surface area contributed by atoms with Gasteiger partial charge in [0.1, 0.15) is 0 Å². The van der Waals surface area contributed by atoms with Crippen molar-refractivity contribution in [3.8, 4) is 0 Å². The molecule has 1 aliphatic rings. The van der Waals surface area contributed by atoms with E-state index in [1.54, 1.807) is 31.2 Å². The lowest BCUT2D eigenvalue weighted by atomic mass is 9.88. The number of rotatable bonds is 5. The van der Waals surface area contributed by atoms with E-state index in [4.69, 9.17) is 4.74 Å². The van der Waals surface area contributed by atoms with E-state index in [2.05, 4.69) is 15.9 Å². The van der Waals surface area contributed by atoms with Gasteiger partial charge in [0.05, 0.1) is 24.4 Å². The van der Waals surface area contributed by atoms with Gasteiger partial charge in [0, 0.05) is 5.56 Å². The van der Waals surface area contributed by atoms with Gasteiger partial charge in [-0.3, -0.25) is 4.79 Å². The number of halogens is 1. The van der Waals surface area contributed by atoms with Gasteiger partial charge < -0.3 is 14.7 Å². The third-order valence-electron chi connectivity index (χ3n) is 4.32. The minimum absolute atomic E-state index is 0.142. The second kappa shape index (κ2) is 7.43. The predicted molar refractivity (Wildman–Crippen MR) is 102 cm³/mol. The highest BCUT2D eigenvalue weighted by molar-refractivity contribution is 9.11. The highest BCUT2D eigenvalue weighted by Gasteiger charge is 2.54. The molecular formula is C20H18BrNO4. The van der Waals surface area contributed by atoms with Gasteiger partial charge in [-0.25, -0.2) is 4.79 Å². The zero-order chi connectivity index (χ0) is 18.7. The Morgan fingerprint density at radius 3 is 2.50 bits per heavy atom. The summed E-state index contributed by atoms with van der Waals surface area (Å²) in [6.07, 6.45) is 0. The number of hydrogen-bond acceptors (Lipinski definition) is 4. The lowest BCUT2D eigenvalue weighted by Crippen LogP contribution is -2.43. The number of ether oxygens (including phenoxy) is 1. The number of nitrogens with zero attached hydrogens (tertiary/aromatic N) is 1. The first kappa shape index (κ1) is 18.4. The monoisotopic (exact) mass is 415 g/mol. The van der Waals surface area contributed by atoms with Crippen LogP contribution in [0.1, 0.15) is 18.1 Å². The van der Waals surface area contributed by atoms with Gasteiger partial charge in [-0.2, -0.15) is 0 Å². The number of esters is 1. The Balaban J connectivity index is 2.08. The molecule has 1 aliphatic heterocycles. The number of amides is 1. The molecule has 1 unspecified atom stereocenters. The van der Waals surface area contributed by atoms with E-state index in [-0.39, 0.29) is 18.7 Å². The van der Waals surface area contributed by atoms with Gasteiger partial charge in [-0.15, -0.1) is 0 Å². The van der Waals surface area contributed by atoms with Crippen molar-refractivity contribution in [3.05, 3.63) is 76.3 Å². The van der Waals surface area contributed by atoms with Crippen molar-refractivity contribution in [2.45, 2.75) is 19.1 Å². The fourth-order valence-electron chi connectivity index (χ4n) is 3.10. The van der Waals surface area contributed by atoms with Gasteiger partial charge in [0.2, 0.25) is 5.60 Å². The van der Waals surface area contributed by atoms with Crippen molar-refractivity contribution >= 4 is 33.5 Å². The molecule has 0 radical (unpaired) electrons. The summed E-state index contributed by atoms with van der Waals surface area (Å²) >= 11 is 3.10. The summed E-state index contributed by atoms with van der Waals surface area (Å²) in [5, 5.41) is 11.3. The highest BCUT2D eigenvalue weighted by Crippen LogP contribution is 2.45. The quantitative estimate of drug-likeness (QED) is 0.600. The van der Waals surface area contributed by atoms with Crippen LogP contribution in [0.25, 0.3) is 0 Å². The van der Waals surface area contributed by atoms with Crippen LogP contribution in [-0.2, 0) is 26.5 Å². The summed E-state index contributed by atoms with van der Waals surface area (Å²) in [6, 6.07) is 16.4. The molecule has 0 aliphatic carbocycles. The smallest absolute Gasteiger partial charge is 0.338 e. The number of para-hydroxylation sites is 1. The van der Waals surface area contributed by atoms with Gasteiger partial charge in [-0.05, 0) is 23.5 Å². The molecule has 0 saturated carbocycles. The first-order chi connectivity index (χ1) is 12.5. The van der Waals surface area contributed by atoms with Crippen LogP contribution in [0.4, 0.5) is 5.69 Å². The van der Waals surface area contributed by atoms with Crippen LogP contribution < -0.4 is 4.90 Å². The van der Waals surface area contributed by atoms with E-state index in [0.29, 0.717) is 11.3 Å². The maximum absolute atomic E-state index is 13.2. The summed E-state index contributed by atoms with van der Waals surface area (Å²) in [5.41, 5.74) is -0.395. The third-order valence-corrected chi connectivity index (χ3v) is 4.77. The van der Waals surface area contributed by atoms with E-state index < -0.39 is 17.5 Å². The molecule has 0 bridgehead atoms. The Morgan fingerprint density at radius 1 is 1.19 bits per heavy atom. The number of fused-ring (bicyclic) bond motifs is 1. The number of aliphatic hydroxyl groups is 1. The summed E-state index contributed by atoms with van der Waals surface area (Å²) in [5.74, 6) is -1.32. The average molecular weight is 416 g/mol. The standard InChI is InChI=1S/C20H18BrNO4/c1-2-26-18(23)16(12-21)20(25)15-10-6-7-11-17(15)22(19(20)24)13-14-8-4-3-5-9-14/h3-12,25H,2,13H2,1H3/b16-12+. The Morgan fingerprint density at radius 2 is 1.85 bits per heavy atom. The Kier molecular flexibility index (Phi) is 5.25. The predicted octanol–water partition coefficient (Wildman–Crippen LogP) is 3.26. The van der Waals surface area contributed by atoms with Crippen molar-refractivity contribution in [2.24, 2.45) is 0 Å². The second-order valence-electron chi connectivity index (χ2n) is 5.85. The average Bonchev–Trinajstić information content (AvgIpc) is 2.86. The second-order valence-corrected chi connectivity index (χ2v) is 6.31. The molecule has 0 fully saturated rings. The Bertz CT molecular complexity index is 865. The SMILES string of the molecule is CCOC(=O)/C(=C\Br)C1(O)C(=O)N(Cc2ccccc2)c2ccccc21. The largest absolute Gasteiger partial charge is 0.463 e. The molecule has 3 rings (SSSR count). The zero-order valence-electron chi connectivity index (χ0n) is 14.2. The zero-order valence-corrected chi connectivity index (χ0v) is 15.8. The van der Waals surface area contributed by atoms with Gasteiger partial charge in [0.25, 0.3) is 5.91 Å². The molecule has 0 aromatic heterocycles. The lowest BCUT2D eigenvalue weighted by Gasteiger charge is -2.24. The van der Waals surface area contributed by atoms with Crippen LogP contribution in [-0.4, -0.2) is 23.6 Å². The minimum Gasteiger partial charge on any atom is -0.463 e. The number of carbonyl (C=O) groups is 2. The van der Waals surface area contributed by atoms with Gasteiger partial charge in [-0.1, -0.05) is 64.5 Å². The number of hydrogen-bond donors (Lipinski definition) is 1. The topological polar surface area (TPSA) is 66.8 Å². The molecule has 6 heteroatoms. The van der Waals surface area contributed by atoms with Crippen molar-refractivity contribution in [3.63, 3.8) is 0 Å². The number of benzene rings is 2. The fraction of sp³-hybridized carbons (Fsp3) is 0.200. The fourth-order valence-corrected chi connectivity index (χ4v) is 3.62. The van der Waals surface area contributed by atoms with Crippen molar-refractivity contribution in [2.75, 3.05) is 11.5 Å². The van der Waals surface area contributed by atoms with Crippen LogP contribution in [0, 0.1) is 0 Å². The van der Waals surface area contributed by atoms with Crippen LogP contribution >= 0.6 is 15.9 Å². The van der Waals surface area contributed by atoms with Gasteiger partial charge in [0.15, 0.2) is 0 Å². The summed E-state index contributed by atoms with van der Waals surface area (Å²) in [7, 11) is 0. The maximum Gasteiger partial charge on any atom is 0.338 e. The molecule has 2 aromatic rings. The number of carbonyl (C=O) groups excluding carboxylic acids is 2. The maximum atomic E-state index is 13.2. The summed E-state index contributed by atoms with van der Waals surface area (Å²) in [4.78, 5) is 28.3. The molecule has 5 nitrogen and oxygen atoms in total. The molecule has 1 heterocycles. The van der Waals surface area contributed by atoms with Crippen molar-refractivity contribution < 1.29 is 19.4 Å². The van der Waals surface area contributed by atoms with Crippen LogP contribution in [0.15, 0.2) is 65.2 Å². The van der Waals surface area contributed by atoms with Crippen molar-refractivity contribution in [1.29, 1.82) is 0 Å². The van der Waals surface area contributed by atoms with Gasteiger partial charge >= 0.3 is 5.97 Å². The first-order valence-electron chi connectivity index (χ1n) is 8.19. The molecule has 1 N–H and O–H groups in total. The molecule has 26 heavy (non-hydrogen) atoms. The Labute approximate surface area is 160 Å². The normalized spacial score (nSPS) is 19.4. The van der Waals surface area contributed by atoms with Crippen LogP contribution in [0.3, 0.4) is 0 Å². The lowest BCUT2D eigenvalue weighted by molar-refractivity contribution is -0.146. The van der Waals surface area contributed by atoms with Crippen molar-refractivity contribution in [1.82, 2.24) is 0 Å². The molecule has 0 saturated heterocycles. The first-order valence-corrected chi connectivity index (χ1v) is 9.11. The van der Waals surface area contributed by atoms with E-state index in [1.807, 2.05) is 30.3 Å². The Hall–Kier alpha value is -2.44. The van der Waals surface area contributed by atoms with E-state index in [9.17, 15) is 14.7 Å². The molecule has 1 atom stereocenters. The van der Waals surface area contributed by atoms with Crippen LogP contribution in [0.5, 0.6) is 0 Å². The summed E-state index contributed by atoms with van der Waals surface area (Å²) < 4.78 is 5.02. The van der Waals surface area contributed by atoms with Crippen LogP contribution in [0.2, 0.25) is 0 Å². The van der Waals surface area contributed by atoms with E-state index in [1.165, 1.54) is 9.89 Å². The molecular weight excluding hydrogens is 398 g/mol. The summed E-state index contributed by atoms with van der Waals surface area (Å²) in [6.45, 7) is 2.10. The molecule has 2 aromatic carbocycles. The molecule has 1 amide bonds.